The number of rotatable bonds is 6. The zero-order valence-corrected chi connectivity index (χ0v) is 25.6. The lowest BCUT2D eigenvalue weighted by atomic mass is 9.44. The van der Waals surface area contributed by atoms with E-state index in [1.165, 1.54) is 12.2 Å². The van der Waals surface area contributed by atoms with E-state index < -0.39 is 76.8 Å². The third-order valence-electron chi connectivity index (χ3n) is 11.8. The minimum atomic E-state index is -2.28. The molecular formula is C36H39F2NO6. The van der Waals surface area contributed by atoms with Crippen LogP contribution < -0.4 is 5.32 Å². The van der Waals surface area contributed by atoms with Crippen molar-refractivity contribution in [2.45, 2.75) is 75.5 Å². The molecule has 7 nitrogen and oxygen atoms in total. The van der Waals surface area contributed by atoms with Gasteiger partial charge < -0.3 is 25.0 Å². The highest BCUT2D eigenvalue weighted by Gasteiger charge is 2.80. The summed E-state index contributed by atoms with van der Waals surface area (Å²) in [5, 5.41) is 25.0. The molecule has 5 aliphatic rings. The lowest BCUT2D eigenvalue weighted by Gasteiger charge is -2.63. The predicted molar refractivity (Wildman–Crippen MR) is 163 cm³/mol. The van der Waals surface area contributed by atoms with Crippen LogP contribution in [0.3, 0.4) is 0 Å². The molecule has 9 heteroatoms. The number of hydrogen-bond donors (Lipinski definition) is 3. The molecule has 2 aromatic carbocycles. The molecule has 1 heterocycles. The molecule has 0 radical (unpaired) electrons. The zero-order chi connectivity index (χ0) is 31.9. The summed E-state index contributed by atoms with van der Waals surface area (Å²) in [6.07, 6.45) is -0.622. The van der Waals surface area contributed by atoms with Gasteiger partial charge in [-0.05, 0) is 79.5 Å². The van der Waals surface area contributed by atoms with Gasteiger partial charge >= 0.3 is 0 Å². The first-order valence-corrected chi connectivity index (χ1v) is 15.7. The number of hydrogen-bond acceptors (Lipinski definition) is 7. The highest BCUT2D eigenvalue weighted by atomic mass is 19.1. The highest BCUT2D eigenvalue weighted by molar-refractivity contribution is 6.01. The topological polar surface area (TPSA) is 105 Å². The Morgan fingerprint density at radius 3 is 2.56 bits per heavy atom. The largest absolute Gasteiger partial charge is 0.390 e. The van der Waals surface area contributed by atoms with Crippen molar-refractivity contribution in [1.29, 1.82) is 0 Å². The summed E-state index contributed by atoms with van der Waals surface area (Å²) < 4.78 is 46.4. The van der Waals surface area contributed by atoms with Crippen molar-refractivity contribution in [1.82, 2.24) is 0 Å². The maximum Gasteiger partial charge on any atom is 0.193 e. The van der Waals surface area contributed by atoms with Crippen molar-refractivity contribution in [2.24, 2.45) is 22.7 Å². The smallest absolute Gasteiger partial charge is 0.193 e. The number of fused-ring (bicyclic) bond motifs is 7. The van der Waals surface area contributed by atoms with Gasteiger partial charge in [0.05, 0.1) is 12.2 Å². The van der Waals surface area contributed by atoms with Crippen molar-refractivity contribution in [3.63, 3.8) is 0 Å². The lowest BCUT2D eigenvalue weighted by molar-refractivity contribution is -0.235. The molecule has 10 atom stereocenters. The maximum absolute atomic E-state index is 17.6. The Labute approximate surface area is 261 Å². The average molecular weight is 620 g/mol. The quantitative estimate of drug-likeness (QED) is 0.420. The number of halogens is 2. The molecule has 1 aliphatic heterocycles. The Balaban J connectivity index is 1.20. The van der Waals surface area contributed by atoms with Gasteiger partial charge in [0.15, 0.2) is 29.1 Å². The van der Waals surface area contributed by atoms with Crippen molar-refractivity contribution in [2.75, 3.05) is 19.0 Å². The summed E-state index contributed by atoms with van der Waals surface area (Å²) in [7, 11) is 1.88. The molecule has 3 N–H and O–H groups in total. The number of carbonyl (C=O) groups excluding carboxylic acids is 2. The Hall–Kier alpha value is -3.24. The summed E-state index contributed by atoms with van der Waals surface area (Å²) in [6, 6.07) is 15.9. The van der Waals surface area contributed by atoms with Gasteiger partial charge in [0, 0.05) is 35.0 Å². The first kappa shape index (κ1) is 30.4. The molecule has 2 aromatic rings. The molecule has 4 aliphatic carbocycles. The van der Waals surface area contributed by atoms with E-state index in [-0.39, 0.29) is 24.8 Å². The third kappa shape index (κ3) is 4.06. The molecule has 0 bridgehead atoms. The van der Waals surface area contributed by atoms with E-state index in [2.05, 4.69) is 17.4 Å². The standard InChI is InChI=1S/C36H39F2NO6/c1-33-12-11-24(41)15-27(33)28(37)16-26-25-17-31-36(30(43)19-40,34(25,2)18-29(42)35(26,33)38)45-32(44-31)22-9-7-20(8-10-22)13-21-5-4-6-23(14-21)39-3/h4-12,14-15,25-26,28-29,31-32,39-40,42H,13,16-19H2,1-3H3/t25-,26-,28-,29-,31+,32+,33-,34-,35-,36?/m0/s1. The number of allylic oxidation sites excluding steroid dienone is 4. The van der Waals surface area contributed by atoms with Crippen LogP contribution in [-0.2, 0) is 25.5 Å². The maximum atomic E-state index is 17.6. The molecule has 0 amide bonds. The van der Waals surface area contributed by atoms with E-state index in [0.29, 0.717) is 5.56 Å². The molecule has 238 valence electrons. The van der Waals surface area contributed by atoms with E-state index in [1.807, 2.05) is 43.4 Å². The van der Waals surface area contributed by atoms with Crippen molar-refractivity contribution in [3.8, 4) is 0 Å². The van der Waals surface area contributed by atoms with E-state index in [1.54, 1.807) is 13.8 Å². The molecule has 1 unspecified atom stereocenters. The Morgan fingerprint density at radius 1 is 1.09 bits per heavy atom. The van der Waals surface area contributed by atoms with E-state index in [9.17, 15) is 19.8 Å². The van der Waals surface area contributed by atoms with Gasteiger partial charge in [-0.3, -0.25) is 9.59 Å². The minimum absolute atomic E-state index is 0.0430. The van der Waals surface area contributed by atoms with Crippen molar-refractivity contribution < 1.29 is 38.1 Å². The molecule has 0 aromatic heterocycles. The highest BCUT2D eigenvalue weighted by Crippen LogP contribution is 2.72. The fourth-order valence-electron chi connectivity index (χ4n) is 9.58. The number of anilines is 1. The van der Waals surface area contributed by atoms with Gasteiger partial charge in [-0.2, -0.15) is 0 Å². The van der Waals surface area contributed by atoms with Crippen LogP contribution in [0.5, 0.6) is 0 Å². The number of ketones is 2. The number of nitrogens with one attached hydrogen (secondary N) is 1. The predicted octanol–water partition coefficient (Wildman–Crippen LogP) is 4.96. The fraction of sp³-hybridized carbons (Fsp3) is 0.500. The van der Waals surface area contributed by atoms with Gasteiger partial charge in [-0.25, -0.2) is 8.78 Å². The lowest BCUT2D eigenvalue weighted by Crippen LogP contribution is -2.70. The fourth-order valence-corrected chi connectivity index (χ4v) is 9.58. The van der Waals surface area contributed by atoms with Crippen LogP contribution in [0.15, 0.2) is 72.3 Å². The van der Waals surface area contributed by atoms with Crippen LogP contribution in [0.25, 0.3) is 0 Å². The second-order valence-corrected chi connectivity index (χ2v) is 13.9. The summed E-state index contributed by atoms with van der Waals surface area (Å²) >= 11 is 0. The summed E-state index contributed by atoms with van der Waals surface area (Å²) in [6.45, 7) is 2.51. The van der Waals surface area contributed by atoms with Crippen LogP contribution >= 0.6 is 0 Å². The van der Waals surface area contributed by atoms with Gasteiger partial charge in [-0.1, -0.05) is 49.4 Å². The van der Waals surface area contributed by atoms with Crippen LogP contribution in [0, 0.1) is 22.7 Å². The Morgan fingerprint density at radius 2 is 1.84 bits per heavy atom. The van der Waals surface area contributed by atoms with Gasteiger partial charge in [0.1, 0.15) is 12.8 Å². The van der Waals surface area contributed by atoms with Crippen molar-refractivity contribution in [3.05, 3.63) is 89.0 Å². The van der Waals surface area contributed by atoms with E-state index in [0.717, 1.165) is 29.3 Å². The van der Waals surface area contributed by atoms with Gasteiger partial charge in [0.25, 0.3) is 0 Å². The first-order chi connectivity index (χ1) is 21.4. The molecule has 1 saturated heterocycles. The number of ether oxygens (including phenoxy) is 2. The number of aliphatic hydroxyl groups is 2. The average Bonchev–Trinajstić information content (AvgIpc) is 3.53. The second-order valence-electron chi connectivity index (χ2n) is 13.9. The van der Waals surface area contributed by atoms with E-state index >= 15 is 8.78 Å². The summed E-state index contributed by atoms with van der Waals surface area (Å²) in [4.78, 5) is 25.9. The molecule has 3 saturated carbocycles. The van der Waals surface area contributed by atoms with Gasteiger partial charge in [-0.15, -0.1) is 0 Å². The van der Waals surface area contributed by atoms with Crippen LogP contribution in [-0.4, -0.2) is 65.1 Å². The number of benzene rings is 2. The Bertz CT molecular complexity index is 1610. The SMILES string of the molecule is CNc1cccc(Cc2ccc([C@@H]3O[C@@H]4C[C@H]5[C@@H]6C[C@H](F)C7=CC(=O)C=C[C@]7(C)[C@@]6(F)[C@@H](O)C[C@]5(C)C4(C(=O)CO)O3)cc2)c1. The number of carbonyl (C=O) groups is 2. The number of alkyl halides is 2. The normalized spacial score (nSPS) is 41.5. The number of aliphatic hydroxyl groups excluding tert-OH is 2. The van der Waals surface area contributed by atoms with Crippen molar-refractivity contribution >= 4 is 17.3 Å². The summed E-state index contributed by atoms with van der Waals surface area (Å²) in [5.41, 5.74) is -2.65. The molecule has 0 spiro atoms. The minimum Gasteiger partial charge on any atom is -0.390 e. The Kier molecular flexibility index (Phi) is 7.02. The number of Topliss-reactive ketones (excluding diaryl/α,β-unsaturated/α-hetero) is 1. The van der Waals surface area contributed by atoms with Gasteiger partial charge in [0.2, 0.25) is 0 Å². The summed E-state index contributed by atoms with van der Waals surface area (Å²) in [5.74, 6) is -2.58. The van der Waals surface area contributed by atoms with Crippen LogP contribution in [0.1, 0.15) is 56.1 Å². The zero-order valence-electron chi connectivity index (χ0n) is 25.6. The molecule has 7 rings (SSSR count). The molecule has 45 heavy (non-hydrogen) atoms. The van der Waals surface area contributed by atoms with Crippen LogP contribution in [0.2, 0.25) is 0 Å². The molecular weight excluding hydrogens is 580 g/mol. The second kappa shape index (κ2) is 10.4. The monoisotopic (exact) mass is 619 g/mol. The first-order valence-electron chi connectivity index (χ1n) is 15.7. The molecule has 4 fully saturated rings. The third-order valence-corrected chi connectivity index (χ3v) is 11.8. The van der Waals surface area contributed by atoms with Crippen LogP contribution in [0.4, 0.5) is 14.5 Å². The van der Waals surface area contributed by atoms with E-state index in [4.69, 9.17) is 9.47 Å².